The number of hydrogen-bond donors (Lipinski definition) is 2. The Hall–Kier alpha value is -0.160. The number of rotatable bonds is 6. The third kappa shape index (κ3) is 2.81. The molecule has 4 nitrogen and oxygen atoms in total. The SMILES string of the molecule is CNC(CO)(CN1CCC(N(C)C)C1)C1CC1. The van der Waals surface area contributed by atoms with Crippen LogP contribution >= 0.6 is 0 Å². The molecule has 2 rings (SSSR count). The van der Waals surface area contributed by atoms with Gasteiger partial charge in [0.05, 0.1) is 12.1 Å². The van der Waals surface area contributed by atoms with E-state index < -0.39 is 0 Å². The van der Waals surface area contributed by atoms with Gasteiger partial charge in [-0.05, 0) is 52.9 Å². The van der Waals surface area contributed by atoms with Crippen LogP contribution in [0, 0.1) is 5.92 Å². The minimum absolute atomic E-state index is 0.0544. The quantitative estimate of drug-likeness (QED) is 0.686. The summed E-state index contributed by atoms with van der Waals surface area (Å²) in [6.07, 6.45) is 3.79. The number of likely N-dealkylation sites (tertiary alicyclic amines) is 1. The Morgan fingerprint density at radius 2 is 2.06 bits per heavy atom. The third-order valence-electron chi connectivity index (χ3n) is 4.62. The van der Waals surface area contributed by atoms with Crippen molar-refractivity contribution in [2.75, 3.05) is 47.4 Å². The lowest BCUT2D eigenvalue weighted by Gasteiger charge is -2.36. The van der Waals surface area contributed by atoms with Gasteiger partial charge in [-0.25, -0.2) is 0 Å². The molecule has 100 valence electrons. The molecule has 1 saturated heterocycles. The van der Waals surface area contributed by atoms with Crippen LogP contribution in [-0.4, -0.2) is 73.9 Å². The first kappa shape index (κ1) is 13.3. The molecule has 2 N–H and O–H groups in total. The summed E-state index contributed by atoms with van der Waals surface area (Å²) in [5.74, 6) is 0.677. The Kier molecular flexibility index (Phi) is 4.08. The summed E-state index contributed by atoms with van der Waals surface area (Å²) in [6, 6.07) is 0.683. The molecule has 2 fully saturated rings. The highest BCUT2D eigenvalue weighted by Gasteiger charge is 2.45. The highest BCUT2D eigenvalue weighted by Crippen LogP contribution is 2.40. The zero-order chi connectivity index (χ0) is 12.5. The van der Waals surface area contributed by atoms with Gasteiger partial charge in [0.2, 0.25) is 0 Å². The van der Waals surface area contributed by atoms with Crippen LogP contribution in [0.25, 0.3) is 0 Å². The fourth-order valence-electron chi connectivity index (χ4n) is 3.08. The van der Waals surface area contributed by atoms with E-state index in [0.717, 1.165) is 13.1 Å². The maximum absolute atomic E-state index is 9.72. The Labute approximate surface area is 105 Å². The lowest BCUT2D eigenvalue weighted by Crippen LogP contribution is -2.56. The largest absolute Gasteiger partial charge is 0.394 e. The molecular weight excluding hydrogens is 214 g/mol. The lowest BCUT2D eigenvalue weighted by molar-refractivity contribution is 0.104. The van der Waals surface area contributed by atoms with Gasteiger partial charge in [0.1, 0.15) is 0 Å². The van der Waals surface area contributed by atoms with E-state index in [1.807, 2.05) is 7.05 Å². The van der Waals surface area contributed by atoms with Gasteiger partial charge in [-0.15, -0.1) is 0 Å². The smallest absolute Gasteiger partial charge is 0.0628 e. The van der Waals surface area contributed by atoms with Crippen molar-refractivity contribution in [2.45, 2.75) is 30.8 Å². The third-order valence-corrected chi connectivity index (χ3v) is 4.62. The molecule has 0 spiro atoms. The molecule has 1 aliphatic heterocycles. The highest BCUT2D eigenvalue weighted by molar-refractivity contribution is 5.03. The van der Waals surface area contributed by atoms with Crippen molar-refractivity contribution in [3.63, 3.8) is 0 Å². The summed E-state index contributed by atoms with van der Waals surface area (Å²) in [7, 11) is 6.31. The summed E-state index contributed by atoms with van der Waals surface area (Å²) in [6.45, 7) is 3.56. The molecule has 0 bridgehead atoms. The van der Waals surface area contributed by atoms with Crippen LogP contribution < -0.4 is 5.32 Å². The second-order valence-electron chi connectivity index (χ2n) is 5.98. The molecule has 17 heavy (non-hydrogen) atoms. The fraction of sp³-hybridized carbons (Fsp3) is 1.00. The summed E-state index contributed by atoms with van der Waals surface area (Å²) in [5, 5.41) is 13.1. The standard InChI is InChI=1S/C13H27N3O/c1-14-13(10-17,11-4-5-11)9-16-7-6-12(8-16)15(2)3/h11-12,14,17H,4-10H2,1-3H3. The molecular formula is C13H27N3O. The molecule has 0 aromatic heterocycles. The Morgan fingerprint density at radius 1 is 1.35 bits per heavy atom. The van der Waals surface area contributed by atoms with Gasteiger partial charge in [0.25, 0.3) is 0 Å². The summed E-state index contributed by atoms with van der Waals surface area (Å²) in [5.41, 5.74) is -0.0544. The second-order valence-corrected chi connectivity index (χ2v) is 5.98. The van der Waals surface area contributed by atoms with E-state index in [4.69, 9.17) is 0 Å². The Morgan fingerprint density at radius 3 is 2.47 bits per heavy atom. The number of likely N-dealkylation sites (N-methyl/N-ethyl adjacent to an activating group) is 2. The van der Waals surface area contributed by atoms with Crippen LogP contribution in [0.3, 0.4) is 0 Å². The van der Waals surface area contributed by atoms with E-state index in [-0.39, 0.29) is 12.1 Å². The number of nitrogens with one attached hydrogen (secondary N) is 1. The minimum Gasteiger partial charge on any atom is -0.394 e. The van der Waals surface area contributed by atoms with Crippen molar-refractivity contribution in [3.8, 4) is 0 Å². The molecule has 0 amide bonds. The van der Waals surface area contributed by atoms with E-state index in [1.54, 1.807) is 0 Å². The summed E-state index contributed by atoms with van der Waals surface area (Å²) < 4.78 is 0. The van der Waals surface area contributed by atoms with Crippen LogP contribution in [0.1, 0.15) is 19.3 Å². The van der Waals surface area contributed by atoms with E-state index in [1.165, 1.54) is 25.8 Å². The van der Waals surface area contributed by atoms with E-state index >= 15 is 0 Å². The van der Waals surface area contributed by atoms with Gasteiger partial charge in [-0.2, -0.15) is 0 Å². The maximum Gasteiger partial charge on any atom is 0.0628 e. The van der Waals surface area contributed by atoms with Crippen molar-refractivity contribution in [2.24, 2.45) is 5.92 Å². The van der Waals surface area contributed by atoms with Gasteiger partial charge >= 0.3 is 0 Å². The first-order valence-corrected chi connectivity index (χ1v) is 6.80. The number of hydrogen-bond acceptors (Lipinski definition) is 4. The van der Waals surface area contributed by atoms with Crippen molar-refractivity contribution in [3.05, 3.63) is 0 Å². The number of aliphatic hydroxyl groups is 1. The summed E-state index contributed by atoms with van der Waals surface area (Å²) in [4.78, 5) is 4.83. The van der Waals surface area contributed by atoms with Crippen molar-refractivity contribution in [1.29, 1.82) is 0 Å². The monoisotopic (exact) mass is 241 g/mol. The molecule has 1 saturated carbocycles. The zero-order valence-electron chi connectivity index (χ0n) is 11.4. The normalized spacial score (nSPS) is 29.8. The Balaban J connectivity index is 1.91. The van der Waals surface area contributed by atoms with Gasteiger partial charge in [-0.1, -0.05) is 0 Å². The van der Waals surface area contributed by atoms with Crippen LogP contribution in [-0.2, 0) is 0 Å². The average Bonchev–Trinajstić information content (AvgIpc) is 3.06. The van der Waals surface area contributed by atoms with Crippen LogP contribution in [0.15, 0.2) is 0 Å². The van der Waals surface area contributed by atoms with Gasteiger partial charge in [0.15, 0.2) is 0 Å². The van der Waals surface area contributed by atoms with Gasteiger partial charge in [0, 0.05) is 19.1 Å². The summed E-state index contributed by atoms with van der Waals surface area (Å²) >= 11 is 0. The Bertz CT molecular complexity index is 249. The van der Waals surface area contributed by atoms with Crippen LogP contribution in [0.4, 0.5) is 0 Å². The molecule has 4 heteroatoms. The lowest BCUT2D eigenvalue weighted by atomic mass is 9.93. The fourth-order valence-corrected chi connectivity index (χ4v) is 3.08. The first-order valence-electron chi connectivity index (χ1n) is 6.80. The molecule has 1 aliphatic carbocycles. The van der Waals surface area contributed by atoms with Crippen molar-refractivity contribution in [1.82, 2.24) is 15.1 Å². The van der Waals surface area contributed by atoms with Crippen molar-refractivity contribution >= 4 is 0 Å². The second kappa shape index (κ2) is 5.22. The van der Waals surface area contributed by atoms with E-state index in [2.05, 4.69) is 29.2 Å². The molecule has 1 heterocycles. The van der Waals surface area contributed by atoms with E-state index in [9.17, 15) is 5.11 Å². The zero-order valence-corrected chi connectivity index (χ0v) is 11.4. The predicted octanol–water partition coefficient (Wildman–Crippen LogP) is -0.0172. The molecule has 2 aliphatic rings. The molecule has 0 aromatic carbocycles. The first-order chi connectivity index (χ1) is 8.11. The predicted molar refractivity (Wildman–Crippen MR) is 70.1 cm³/mol. The molecule has 2 unspecified atom stereocenters. The highest BCUT2D eigenvalue weighted by atomic mass is 16.3. The number of nitrogens with zero attached hydrogens (tertiary/aromatic N) is 2. The van der Waals surface area contributed by atoms with Crippen molar-refractivity contribution < 1.29 is 5.11 Å². The molecule has 0 aromatic rings. The molecule has 2 atom stereocenters. The number of aliphatic hydroxyl groups excluding tert-OH is 1. The van der Waals surface area contributed by atoms with E-state index in [0.29, 0.717) is 12.0 Å². The minimum atomic E-state index is -0.0544. The maximum atomic E-state index is 9.72. The van der Waals surface area contributed by atoms with Gasteiger partial charge in [-0.3, -0.25) is 4.90 Å². The van der Waals surface area contributed by atoms with Crippen LogP contribution in [0.5, 0.6) is 0 Å². The van der Waals surface area contributed by atoms with Crippen LogP contribution in [0.2, 0.25) is 0 Å². The topological polar surface area (TPSA) is 38.7 Å². The average molecular weight is 241 g/mol. The van der Waals surface area contributed by atoms with Gasteiger partial charge < -0.3 is 15.3 Å². The molecule has 0 radical (unpaired) electrons.